The summed E-state index contributed by atoms with van der Waals surface area (Å²) in [5, 5.41) is 6.86. The maximum Gasteiger partial charge on any atom is 0.247 e. The Labute approximate surface area is 234 Å². The van der Waals surface area contributed by atoms with Crippen molar-refractivity contribution < 1.29 is 19.1 Å². The summed E-state index contributed by atoms with van der Waals surface area (Å²) in [6, 6.07) is 16.7. The van der Waals surface area contributed by atoms with Crippen molar-refractivity contribution in [1.29, 1.82) is 0 Å². The van der Waals surface area contributed by atoms with Crippen LogP contribution in [0.1, 0.15) is 32.9 Å². The third-order valence-electron chi connectivity index (χ3n) is 6.17. The molecule has 2 N–H and O–H groups in total. The Bertz CT molecular complexity index is 1550. The maximum atomic E-state index is 13.1. The number of hydrogen-bond donors (Lipinski definition) is 2. The summed E-state index contributed by atoms with van der Waals surface area (Å²) in [6.07, 6.45) is 3.57. The van der Waals surface area contributed by atoms with Gasteiger partial charge in [-0.2, -0.15) is 0 Å². The molecule has 2 aromatic heterocycles. The number of nitrogens with zero attached hydrogens (tertiary/aromatic N) is 2. The van der Waals surface area contributed by atoms with Gasteiger partial charge in [-0.3, -0.25) is 14.6 Å². The molecule has 8 heteroatoms. The normalized spacial score (nSPS) is 11.1. The maximum absolute atomic E-state index is 13.1. The second kappa shape index (κ2) is 12.0. The highest BCUT2D eigenvalue weighted by atomic mass is 16.5. The lowest BCUT2D eigenvalue weighted by molar-refractivity contribution is -0.120. The van der Waals surface area contributed by atoms with Gasteiger partial charge in [-0.25, -0.2) is 4.98 Å². The largest absolute Gasteiger partial charge is 0.497 e. The first-order valence-corrected chi connectivity index (χ1v) is 12.9. The molecule has 40 heavy (non-hydrogen) atoms. The number of Topliss-reactive ketones (excluding diaryl/α,β-unsaturated/α-hetero) is 1. The summed E-state index contributed by atoms with van der Waals surface area (Å²) in [5.74, 6) is 1.62. The average molecular weight is 539 g/mol. The molecule has 8 nitrogen and oxygen atoms in total. The van der Waals surface area contributed by atoms with Gasteiger partial charge in [0.05, 0.1) is 36.8 Å². The van der Waals surface area contributed by atoms with Crippen molar-refractivity contribution in [2.45, 2.75) is 33.6 Å². The fourth-order valence-corrected chi connectivity index (χ4v) is 4.39. The molecule has 1 amide bonds. The number of amides is 1. The molecule has 0 aliphatic rings. The summed E-state index contributed by atoms with van der Waals surface area (Å²) in [4.78, 5) is 34.5. The van der Waals surface area contributed by atoms with E-state index in [1.165, 1.54) is 6.08 Å². The quantitative estimate of drug-likeness (QED) is 0.216. The Morgan fingerprint density at radius 3 is 2.27 bits per heavy atom. The first-order chi connectivity index (χ1) is 19.1. The molecule has 2 heterocycles. The number of ether oxygens (including phenoxy) is 2. The molecule has 4 rings (SSSR count). The second-order valence-electron chi connectivity index (χ2n) is 10.7. The number of ketones is 1. The molecule has 0 radical (unpaired) electrons. The Morgan fingerprint density at radius 1 is 0.975 bits per heavy atom. The predicted octanol–water partition coefficient (Wildman–Crippen LogP) is 6.73. The van der Waals surface area contributed by atoms with Gasteiger partial charge < -0.3 is 20.1 Å². The highest BCUT2D eigenvalue weighted by molar-refractivity contribution is 6.01. The lowest BCUT2D eigenvalue weighted by Gasteiger charge is -2.18. The van der Waals surface area contributed by atoms with Crippen LogP contribution >= 0.6 is 0 Å². The van der Waals surface area contributed by atoms with Gasteiger partial charge in [0.2, 0.25) is 5.91 Å². The van der Waals surface area contributed by atoms with E-state index in [-0.39, 0.29) is 23.5 Å². The van der Waals surface area contributed by atoms with Crippen LogP contribution in [0.5, 0.6) is 11.5 Å². The van der Waals surface area contributed by atoms with Gasteiger partial charge in [0.15, 0.2) is 0 Å². The third kappa shape index (κ3) is 7.02. The average Bonchev–Trinajstić information content (AvgIpc) is 2.92. The lowest BCUT2D eigenvalue weighted by atomic mass is 9.88. The van der Waals surface area contributed by atoms with E-state index in [1.54, 1.807) is 32.5 Å². The number of nitrogens with one attached hydrogen (secondary N) is 2. The van der Waals surface area contributed by atoms with Crippen LogP contribution < -0.4 is 20.1 Å². The van der Waals surface area contributed by atoms with E-state index in [4.69, 9.17) is 14.5 Å². The van der Waals surface area contributed by atoms with Crippen LogP contribution in [0.2, 0.25) is 0 Å². The molecule has 0 bridgehead atoms. The number of benzene rings is 2. The van der Waals surface area contributed by atoms with Gasteiger partial charge in [-0.1, -0.05) is 39.5 Å². The number of pyridine rings is 2. The summed E-state index contributed by atoms with van der Waals surface area (Å²) < 4.78 is 11.0. The van der Waals surface area contributed by atoms with Crippen molar-refractivity contribution >= 4 is 39.8 Å². The van der Waals surface area contributed by atoms with Crippen LogP contribution in [-0.4, -0.2) is 35.9 Å². The molecule has 0 spiro atoms. The molecule has 0 fully saturated rings. The van der Waals surface area contributed by atoms with Gasteiger partial charge in [0.1, 0.15) is 23.1 Å². The minimum Gasteiger partial charge on any atom is -0.497 e. The fraction of sp³-hybridized carbons (Fsp3) is 0.250. The van der Waals surface area contributed by atoms with E-state index in [1.807, 2.05) is 63.2 Å². The highest BCUT2D eigenvalue weighted by Crippen LogP contribution is 2.34. The topological polar surface area (TPSA) is 102 Å². The minimum absolute atomic E-state index is 0.106. The zero-order valence-corrected chi connectivity index (χ0v) is 23.5. The van der Waals surface area contributed by atoms with Crippen molar-refractivity contribution in [3.8, 4) is 22.6 Å². The van der Waals surface area contributed by atoms with Crippen molar-refractivity contribution in [1.82, 2.24) is 9.97 Å². The van der Waals surface area contributed by atoms with E-state index in [2.05, 4.69) is 22.2 Å². The Hall–Kier alpha value is -4.72. The summed E-state index contributed by atoms with van der Waals surface area (Å²) in [6.45, 7) is 9.65. The molecular weight excluding hydrogens is 504 g/mol. The Kier molecular flexibility index (Phi) is 8.48. The summed E-state index contributed by atoms with van der Waals surface area (Å²) >= 11 is 0. The summed E-state index contributed by atoms with van der Waals surface area (Å²) in [7, 11) is 3.20. The molecular formula is C32H34N4O4. The van der Waals surface area contributed by atoms with E-state index in [0.717, 1.165) is 16.5 Å². The highest BCUT2D eigenvalue weighted by Gasteiger charge is 2.20. The zero-order chi connectivity index (χ0) is 28.9. The van der Waals surface area contributed by atoms with Crippen molar-refractivity contribution in [2.24, 2.45) is 5.41 Å². The van der Waals surface area contributed by atoms with E-state index in [9.17, 15) is 9.59 Å². The molecule has 0 aliphatic heterocycles. The fourth-order valence-electron chi connectivity index (χ4n) is 4.39. The van der Waals surface area contributed by atoms with Crippen LogP contribution in [0.4, 0.5) is 17.2 Å². The van der Waals surface area contributed by atoms with Gasteiger partial charge in [0.25, 0.3) is 0 Å². The molecule has 4 aromatic rings. The predicted molar refractivity (Wildman–Crippen MR) is 159 cm³/mol. The molecule has 0 atom stereocenters. The number of methoxy groups -OCH3 is 2. The summed E-state index contributed by atoms with van der Waals surface area (Å²) in [5.41, 5.74) is 4.12. The van der Waals surface area contributed by atoms with E-state index < -0.39 is 0 Å². The lowest BCUT2D eigenvalue weighted by Crippen LogP contribution is -2.15. The van der Waals surface area contributed by atoms with E-state index in [0.29, 0.717) is 46.3 Å². The van der Waals surface area contributed by atoms with Crippen molar-refractivity contribution in [2.75, 3.05) is 24.9 Å². The Balaban J connectivity index is 1.78. The van der Waals surface area contributed by atoms with Crippen LogP contribution in [0.25, 0.3) is 22.0 Å². The molecule has 0 aliphatic carbocycles. The van der Waals surface area contributed by atoms with Crippen LogP contribution in [0, 0.1) is 5.41 Å². The van der Waals surface area contributed by atoms with Crippen molar-refractivity contribution in [3.05, 3.63) is 79.1 Å². The number of rotatable bonds is 10. The molecule has 0 unspecified atom stereocenters. The smallest absolute Gasteiger partial charge is 0.247 e. The van der Waals surface area contributed by atoms with Crippen molar-refractivity contribution in [3.63, 3.8) is 0 Å². The number of fused-ring (bicyclic) bond motifs is 1. The number of aromatic nitrogens is 2. The number of anilines is 3. The standard InChI is InChI=1S/C32H34N4O4/c1-7-31(38)36-27-11-9-8-10-26(27)35-30-17-28-21(19-33-30)14-25(20-12-23(39-5)16-24(13-20)40-6)29(34-28)15-22(37)18-32(2,3)4/h7-14,16-17,19H,1,15,18H2,2-6H3,(H,33,35)(H,36,38). The van der Waals surface area contributed by atoms with Gasteiger partial charge in [0, 0.05) is 42.1 Å². The number of carbonyl (C=O) groups is 2. The number of para-hydroxylation sites is 2. The van der Waals surface area contributed by atoms with Gasteiger partial charge >= 0.3 is 0 Å². The monoisotopic (exact) mass is 538 g/mol. The second-order valence-corrected chi connectivity index (χ2v) is 10.7. The molecule has 0 saturated heterocycles. The van der Waals surface area contributed by atoms with Gasteiger partial charge in [-0.15, -0.1) is 0 Å². The zero-order valence-electron chi connectivity index (χ0n) is 23.5. The number of hydrogen-bond acceptors (Lipinski definition) is 7. The third-order valence-corrected chi connectivity index (χ3v) is 6.17. The first-order valence-electron chi connectivity index (χ1n) is 12.9. The first kappa shape index (κ1) is 28.3. The molecule has 206 valence electrons. The van der Waals surface area contributed by atoms with E-state index >= 15 is 0 Å². The van der Waals surface area contributed by atoms with Crippen LogP contribution in [0.3, 0.4) is 0 Å². The SMILES string of the molecule is C=CC(=O)Nc1ccccc1Nc1cc2nc(CC(=O)CC(C)(C)C)c(-c3cc(OC)cc(OC)c3)cc2cn1. The molecule has 0 saturated carbocycles. The Morgan fingerprint density at radius 2 is 1.65 bits per heavy atom. The minimum atomic E-state index is -0.311. The number of carbonyl (C=O) groups excluding carboxylic acids is 2. The van der Waals surface area contributed by atoms with Crippen LogP contribution in [0.15, 0.2) is 73.4 Å². The van der Waals surface area contributed by atoms with Crippen LogP contribution in [-0.2, 0) is 16.0 Å². The molecule has 2 aromatic carbocycles. The van der Waals surface area contributed by atoms with Gasteiger partial charge in [-0.05, 0) is 47.4 Å².